The summed E-state index contributed by atoms with van der Waals surface area (Å²) in [5, 5.41) is 8.64. The van der Waals surface area contributed by atoms with E-state index in [2.05, 4.69) is 4.74 Å². The maximum Gasteiger partial charge on any atom is 0.511 e. The van der Waals surface area contributed by atoms with Crippen molar-refractivity contribution in [3.05, 3.63) is 34.1 Å². The SMILES string of the molecule is CSCC1CCN(c2c(F)cc3c(=O)c(OC(=O)O)cn(C4CC4)c3c2F)C1. The van der Waals surface area contributed by atoms with E-state index in [0.29, 0.717) is 19.0 Å². The molecule has 1 unspecified atom stereocenters. The number of pyridine rings is 1. The Labute approximate surface area is 164 Å². The fraction of sp³-hybridized carbons (Fsp3) is 0.474. The molecule has 0 spiro atoms. The van der Waals surface area contributed by atoms with Crippen LogP contribution >= 0.6 is 11.8 Å². The Morgan fingerprint density at radius 3 is 2.75 bits per heavy atom. The van der Waals surface area contributed by atoms with E-state index < -0.39 is 29.0 Å². The van der Waals surface area contributed by atoms with Crippen LogP contribution in [0.2, 0.25) is 0 Å². The summed E-state index contributed by atoms with van der Waals surface area (Å²) in [5.41, 5.74) is -0.938. The van der Waals surface area contributed by atoms with Gasteiger partial charge in [0.15, 0.2) is 11.6 Å². The molecule has 1 saturated carbocycles. The Balaban J connectivity index is 1.87. The van der Waals surface area contributed by atoms with E-state index >= 15 is 4.39 Å². The first-order valence-corrected chi connectivity index (χ1v) is 10.5. The summed E-state index contributed by atoms with van der Waals surface area (Å²) in [7, 11) is 0. The quantitative estimate of drug-likeness (QED) is 0.755. The van der Waals surface area contributed by atoms with Crippen LogP contribution in [0.1, 0.15) is 25.3 Å². The number of nitrogens with zero attached hydrogens (tertiary/aromatic N) is 2. The molecule has 9 heteroatoms. The van der Waals surface area contributed by atoms with E-state index in [1.54, 1.807) is 16.7 Å². The third kappa shape index (κ3) is 3.32. The molecule has 0 bridgehead atoms. The number of aromatic nitrogens is 1. The van der Waals surface area contributed by atoms with Gasteiger partial charge in [0.2, 0.25) is 5.43 Å². The monoisotopic (exact) mass is 410 g/mol. The van der Waals surface area contributed by atoms with Crippen LogP contribution in [0.15, 0.2) is 17.1 Å². The number of ether oxygens (including phenoxy) is 1. The predicted octanol–water partition coefficient (Wildman–Crippen LogP) is 3.86. The van der Waals surface area contributed by atoms with E-state index in [4.69, 9.17) is 5.11 Å². The van der Waals surface area contributed by atoms with E-state index in [-0.39, 0.29) is 22.6 Å². The maximum atomic E-state index is 15.5. The number of thioether (sulfide) groups is 1. The zero-order valence-electron chi connectivity index (χ0n) is 15.3. The highest BCUT2D eigenvalue weighted by molar-refractivity contribution is 7.98. The van der Waals surface area contributed by atoms with Gasteiger partial charge in [-0.3, -0.25) is 4.79 Å². The van der Waals surface area contributed by atoms with Gasteiger partial charge in [-0.05, 0) is 43.3 Å². The van der Waals surface area contributed by atoms with Gasteiger partial charge in [-0.25, -0.2) is 13.6 Å². The first kappa shape index (κ1) is 19.0. The molecule has 1 aromatic heterocycles. The Bertz CT molecular complexity index is 1010. The highest BCUT2D eigenvalue weighted by Gasteiger charge is 2.32. The molecule has 0 amide bonds. The molecule has 2 fully saturated rings. The second kappa shape index (κ2) is 7.27. The number of benzene rings is 1. The first-order valence-electron chi connectivity index (χ1n) is 9.12. The van der Waals surface area contributed by atoms with Crippen molar-refractivity contribution in [1.82, 2.24) is 4.57 Å². The number of carbonyl (C=O) groups is 1. The van der Waals surface area contributed by atoms with Crippen LogP contribution in [0.4, 0.5) is 19.3 Å². The molecule has 1 aliphatic heterocycles. The van der Waals surface area contributed by atoms with Crippen LogP contribution in [0.5, 0.6) is 5.75 Å². The fourth-order valence-electron chi connectivity index (χ4n) is 3.91. The third-order valence-electron chi connectivity index (χ3n) is 5.29. The summed E-state index contributed by atoms with van der Waals surface area (Å²) in [6.07, 6.45) is 3.99. The van der Waals surface area contributed by atoms with Crippen LogP contribution in [0.3, 0.4) is 0 Å². The molecule has 1 N–H and O–H groups in total. The van der Waals surface area contributed by atoms with Gasteiger partial charge < -0.3 is 19.3 Å². The van der Waals surface area contributed by atoms with Crippen molar-refractivity contribution < 1.29 is 23.4 Å². The normalized spacial score (nSPS) is 19.4. The van der Waals surface area contributed by atoms with Crippen molar-refractivity contribution in [3.8, 4) is 5.75 Å². The molecule has 28 heavy (non-hydrogen) atoms. The summed E-state index contributed by atoms with van der Waals surface area (Å²) in [6, 6.07) is 0.945. The number of halogens is 2. The molecule has 1 aliphatic carbocycles. The summed E-state index contributed by atoms with van der Waals surface area (Å²) in [4.78, 5) is 25.2. The van der Waals surface area contributed by atoms with Crippen LogP contribution in [-0.2, 0) is 0 Å². The van der Waals surface area contributed by atoms with Crippen molar-refractivity contribution in [1.29, 1.82) is 0 Å². The molecule has 1 atom stereocenters. The topological polar surface area (TPSA) is 71.8 Å². The van der Waals surface area contributed by atoms with Gasteiger partial charge in [0.05, 0.1) is 17.1 Å². The van der Waals surface area contributed by atoms with Crippen molar-refractivity contribution in [2.24, 2.45) is 5.92 Å². The lowest BCUT2D eigenvalue weighted by Gasteiger charge is -2.22. The molecule has 1 saturated heterocycles. The molecule has 2 aliphatic rings. The van der Waals surface area contributed by atoms with Gasteiger partial charge in [-0.1, -0.05) is 0 Å². The summed E-state index contributed by atoms with van der Waals surface area (Å²) in [6.45, 7) is 1.12. The van der Waals surface area contributed by atoms with E-state index in [1.807, 2.05) is 6.26 Å². The lowest BCUT2D eigenvalue weighted by Crippen LogP contribution is -2.24. The minimum Gasteiger partial charge on any atom is -0.449 e. The van der Waals surface area contributed by atoms with Crippen molar-refractivity contribution in [3.63, 3.8) is 0 Å². The molecule has 0 radical (unpaired) electrons. The number of rotatable bonds is 5. The van der Waals surface area contributed by atoms with Gasteiger partial charge in [0.1, 0.15) is 11.5 Å². The molecule has 1 aromatic carbocycles. The minimum absolute atomic E-state index is 0.00922. The maximum absolute atomic E-state index is 15.5. The van der Waals surface area contributed by atoms with Crippen molar-refractivity contribution in [2.45, 2.75) is 25.3 Å². The fourth-order valence-corrected chi connectivity index (χ4v) is 4.65. The van der Waals surface area contributed by atoms with Gasteiger partial charge in [0.25, 0.3) is 0 Å². The van der Waals surface area contributed by atoms with E-state index in [9.17, 15) is 14.0 Å². The highest BCUT2D eigenvalue weighted by atomic mass is 32.2. The van der Waals surface area contributed by atoms with Gasteiger partial charge in [0, 0.05) is 19.1 Å². The van der Waals surface area contributed by atoms with Crippen molar-refractivity contribution in [2.75, 3.05) is 30.0 Å². The molecular formula is C19H20F2N2O4S. The standard InChI is InChI=1S/C19H20F2N2O4S/c1-28-9-10-4-5-22(7-10)17-13(20)6-12-16(15(17)21)23(11-2-3-11)8-14(18(12)24)27-19(25)26/h6,8,10-11H,2-5,7,9H2,1H3,(H,25,26). The summed E-state index contributed by atoms with van der Waals surface area (Å²) >= 11 is 1.71. The third-order valence-corrected chi connectivity index (χ3v) is 6.10. The Kier molecular flexibility index (Phi) is 4.95. The highest BCUT2D eigenvalue weighted by Crippen LogP contribution is 2.41. The van der Waals surface area contributed by atoms with Gasteiger partial charge in [-0.2, -0.15) is 11.8 Å². The van der Waals surface area contributed by atoms with Gasteiger partial charge in [-0.15, -0.1) is 0 Å². The largest absolute Gasteiger partial charge is 0.511 e. The number of carboxylic acid groups (broad SMARTS) is 1. The van der Waals surface area contributed by atoms with E-state index in [0.717, 1.165) is 31.1 Å². The van der Waals surface area contributed by atoms with Crippen molar-refractivity contribution >= 4 is 34.5 Å². The Hall–Kier alpha value is -2.29. The predicted molar refractivity (Wildman–Crippen MR) is 104 cm³/mol. The van der Waals surface area contributed by atoms with Gasteiger partial charge >= 0.3 is 6.16 Å². The molecule has 2 heterocycles. The molecule has 150 valence electrons. The molecular weight excluding hydrogens is 390 g/mol. The van der Waals surface area contributed by atoms with E-state index in [1.165, 1.54) is 10.8 Å². The number of hydrogen-bond acceptors (Lipinski definition) is 5. The number of anilines is 1. The smallest absolute Gasteiger partial charge is 0.449 e. The Morgan fingerprint density at radius 1 is 1.36 bits per heavy atom. The molecule has 2 aromatic rings. The number of fused-ring (bicyclic) bond motifs is 1. The molecule has 4 rings (SSSR count). The van der Waals surface area contributed by atoms with Crippen LogP contribution < -0.4 is 15.1 Å². The van der Waals surface area contributed by atoms with Crippen LogP contribution in [-0.4, -0.2) is 40.9 Å². The first-order chi connectivity index (χ1) is 13.4. The second-order valence-electron chi connectivity index (χ2n) is 7.30. The summed E-state index contributed by atoms with van der Waals surface area (Å²) in [5.74, 6) is -0.746. The summed E-state index contributed by atoms with van der Waals surface area (Å²) < 4.78 is 36.5. The Morgan fingerprint density at radius 2 is 2.11 bits per heavy atom. The zero-order valence-corrected chi connectivity index (χ0v) is 16.1. The lowest BCUT2D eigenvalue weighted by molar-refractivity contribution is 0.143. The van der Waals surface area contributed by atoms with Crippen LogP contribution in [0, 0.1) is 17.6 Å². The average Bonchev–Trinajstić information content (AvgIpc) is 3.38. The second-order valence-corrected chi connectivity index (χ2v) is 8.21. The average molecular weight is 410 g/mol. The van der Waals surface area contributed by atoms with Crippen LogP contribution in [0.25, 0.3) is 10.9 Å². The molecule has 6 nitrogen and oxygen atoms in total. The zero-order chi connectivity index (χ0) is 20.0. The lowest BCUT2D eigenvalue weighted by atomic mass is 10.1. The number of hydrogen-bond donors (Lipinski definition) is 1. The minimum atomic E-state index is -1.65.